The van der Waals surface area contributed by atoms with Gasteiger partial charge in [-0.05, 0) is 127 Å². The van der Waals surface area contributed by atoms with Gasteiger partial charge in [-0.2, -0.15) is 0 Å². The molecule has 0 amide bonds. The van der Waals surface area contributed by atoms with Crippen molar-refractivity contribution in [3.63, 3.8) is 0 Å². The van der Waals surface area contributed by atoms with Crippen molar-refractivity contribution in [2.24, 2.45) is 23.7 Å². The number of nitrogens with zero attached hydrogens (tertiary/aromatic N) is 3. The Morgan fingerprint density at radius 2 is 1.57 bits per heavy atom. The highest BCUT2D eigenvalue weighted by Gasteiger charge is 2.53. The molecular formula is C49H91N3O13. The Kier molecular flexibility index (Phi) is 20.3. The SMILES string of the molecule is CCC[C@@H]1C[C@@H](C(=O)CCCN(C)[C@H]2C[C@@H](C)O[C@@H](O[C@@H]3[C@@H](C)[C@H](O[C@H]4C[C@@](C)(OC)[C@@H](O)[C@H](C)O4)[C@@H](C)C(=O)O[C@H](CC)[C@@](C)(O)[C@H](O)[C@@H](C)N(C)C[C@H](C)C[C@@]3(C)O)[C@@H]2O)N(C)C1. The Labute approximate surface area is 390 Å². The fraction of sp³-hybridized carbons (Fsp3) is 0.959. The van der Waals surface area contributed by atoms with E-state index in [1.165, 1.54) is 14.0 Å². The van der Waals surface area contributed by atoms with Crippen molar-refractivity contribution < 1.29 is 63.5 Å². The average molecular weight is 930 g/mol. The van der Waals surface area contributed by atoms with Crippen LogP contribution in [0.3, 0.4) is 0 Å². The molecule has 4 saturated heterocycles. The molecule has 380 valence electrons. The van der Waals surface area contributed by atoms with Crippen molar-refractivity contribution in [2.45, 2.75) is 230 Å². The first-order valence-corrected chi connectivity index (χ1v) is 24.7. The molecule has 4 rings (SSSR count). The van der Waals surface area contributed by atoms with Gasteiger partial charge in [-0.15, -0.1) is 0 Å². The maximum absolute atomic E-state index is 14.4. The van der Waals surface area contributed by atoms with Gasteiger partial charge >= 0.3 is 5.97 Å². The zero-order chi connectivity index (χ0) is 48.9. The molecule has 4 aliphatic heterocycles. The minimum Gasteiger partial charge on any atom is -0.459 e. The van der Waals surface area contributed by atoms with Gasteiger partial charge in [0, 0.05) is 51.0 Å². The largest absolute Gasteiger partial charge is 0.459 e. The van der Waals surface area contributed by atoms with E-state index in [1.807, 2.05) is 46.8 Å². The summed E-state index contributed by atoms with van der Waals surface area (Å²) in [5.41, 5.74) is -4.49. The van der Waals surface area contributed by atoms with Crippen molar-refractivity contribution in [3.8, 4) is 0 Å². The lowest BCUT2D eigenvalue weighted by atomic mass is 9.77. The number of likely N-dealkylation sites (N-methyl/N-ethyl adjacent to an activating group) is 3. The van der Waals surface area contributed by atoms with E-state index >= 15 is 0 Å². The zero-order valence-electron chi connectivity index (χ0n) is 42.6. The summed E-state index contributed by atoms with van der Waals surface area (Å²) < 4.78 is 38.2. The third kappa shape index (κ3) is 13.5. The average Bonchev–Trinajstić information content (AvgIpc) is 3.61. The monoisotopic (exact) mass is 930 g/mol. The van der Waals surface area contributed by atoms with Crippen molar-refractivity contribution in [2.75, 3.05) is 47.9 Å². The van der Waals surface area contributed by atoms with Crippen LogP contribution in [0.1, 0.15) is 134 Å². The van der Waals surface area contributed by atoms with Crippen LogP contribution in [0.4, 0.5) is 0 Å². The van der Waals surface area contributed by atoms with Crippen LogP contribution in [0.5, 0.6) is 0 Å². The van der Waals surface area contributed by atoms with Gasteiger partial charge in [0.2, 0.25) is 0 Å². The number of Topliss-reactive ketones (excluding diaryl/α,β-unsaturated/α-hetero) is 1. The summed E-state index contributed by atoms with van der Waals surface area (Å²) in [5, 5.41) is 59.5. The van der Waals surface area contributed by atoms with E-state index in [2.05, 4.69) is 16.7 Å². The summed E-state index contributed by atoms with van der Waals surface area (Å²) >= 11 is 0. The van der Waals surface area contributed by atoms with Crippen LogP contribution in [0.15, 0.2) is 0 Å². The Hall–Kier alpha value is -1.38. The molecular weight excluding hydrogens is 839 g/mol. The van der Waals surface area contributed by atoms with Crippen LogP contribution in [0.2, 0.25) is 0 Å². The molecule has 0 bridgehead atoms. The van der Waals surface area contributed by atoms with Gasteiger partial charge in [0.25, 0.3) is 0 Å². The minimum atomic E-state index is -1.83. The van der Waals surface area contributed by atoms with Gasteiger partial charge in [0.05, 0.1) is 47.6 Å². The smallest absolute Gasteiger partial charge is 0.311 e. The lowest BCUT2D eigenvalue weighted by molar-refractivity contribution is -0.318. The van der Waals surface area contributed by atoms with Crippen molar-refractivity contribution >= 4 is 11.8 Å². The van der Waals surface area contributed by atoms with E-state index in [4.69, 9.17) is 28.4 Å². The first-order valence-electron chi connectivity index (χ1n) is 24.7. The number of ketones is 1. The van der Waals surface area contributed by atoms with Crippen LogP contribution < -0.4 is 0 Å². The minimum absolute atomic E-state index is 0.0510. The van der Waals surface area contributed by atoms with Gasteiger partial charge in [0.1, 0.15) is 35.8 Å². The highest BCUT2D eigenvalue weighted by molar-refractivity contribution is 5.84. The predicted molar refractivity (Wildman–Crippen MR) is 247 cm³/mol. The van der Waals surface area contributed by atoms with Gasteiger partial charge in [-0.1, -0.05) is 34.1 Å². The van der Waals surface area contributed by atoms with Crippen LogP contribution in [0, 0.1) is 23.7 Å². The van der Waals surface area contributed by atoms with Gasteiger partial charge in [0.15, 0.2) is 12.6 Å². The number of ether oxygens (including phenoxy) is 6. The van der Waals surface area contributed by atoms with E-state index in [9.17, 15) is 35.1 Å². The lowest BCUT2D eigenvalue weighted by Gasteiger charge is -2.49. The molecule has 5 N–H and O–H groups in total. The number of hydrogen-bond acceptors (Lipinski definition) is 16. The molecule has 0 radical (unpaired) electrons. The molecule has 0 aliphatic carbocycles. The summed E-state index contributed by atoms with van der Waals surface area (Å²) in [6, 6.07) is -1.00. The number of likely N-dealkylation sites (tertiary alicyclic amines) is 1. The summed E-state index contributed by atoms with van der Waals surface area (Å²) in [6.45, 7) is 21.8. The fourth-order valence-electron chi connectivity index (χ4n) is 11.6. The summed E-state index contributed by atoms with van der Waals surface area (Å²) in [6.07, 6.45) is -4.60. The number of rotatable bonds is 14. The number of methoxy groups -OCH3 is 1. The number of aliphatic hydroxyl groups is 5. The number of cyclic esters (lactones) is 1. The molecule has 4 aliphatic rings. The molecule has 20 atom stereocenters. The van der Waals surface area contributed by atoms with E-state index in [-0.39, 0.29) is 49.2 Å². The van der Waals surface area contributed by atoms with Crippen molar-refractivity contribution in [1.82, 2.24) is 14.7 Å². The van der Waals surface area contributed by atoms with Crippen LogP contribution >= 0.6 is 0 Å². The van der Waals surface area contributed by atoms with Crippen molar-refractivity contribution in [1.29, 1.82) is 0 Å². The molecule has 16 heteroatoms. The zero-order valence-corrected chi connectivity index (χ0v) is 42.6. The molecule has 0 aromatic heterocycles. The number of carbonyl (C=O) groups is 2. The van der Waals surface area contributed by atoms with Gasteiger partial charge in [-0.3, -0.25) is 14.5 Å². The molecule has 0 aromatic carbocycles. The second kappa shape index (κ2) is 23.5. The molecule has 0 unspecified atom stereocenters. The Morgan fingerprint density at radius 1 is 0.908 bits per heavy atom. The number of carbonyl (C=O) groups excluding carboxylic acids is 2. The van der Waals surface area contributed by atoms with Gasteiger partial charge in [-0.25, -0.2) is 0 Å². The van der Waals surface area contributed by atoms with E-state index < -0.39 is 96.0 Å². The molecule has 4 fully saturated rings. The van der Waals surface area contributed by atoms with Crippen molar-refractivity contribution in [3.05, 3.63) is 0 Å². The second-order valence-corrected chi connectivity index (χ2v) is 21.6. The Balaban J connectivity index is 1.68. The molecule has 16 nitrogen and oxygen atoms in total. The standard InChI is InChI=1S/C49H91N3O13/c1-16-19-34-23-35(52(14)27-34)37(53)20-18-21-50(12)36-22-29(4)61-46(40(36)54)65-44-30(5)41(64-39-25-48(10,60-15)43(56)33(8)62-39)31(6)45(57)63-38(17-2)49(11,59)42(55)32(7)51(13)26-28(3)24-47(44,9)58/h28-36,38-44,46,54-56,58-59H,16-27H2,1-15H3/t28-,29-,30+,31-,32-,33+,34-,35+,36+,38-,39+,40-,41+,42-,43+,44-,46+,47-,48-,49-/m1/s1. The summed E-state index contributed by atoms with van der Waals surface area (Å²) in [7, 11) is 7.34. The molecule has 65 heavy (non-hydrogen) atoms. The van der Waals surface area contributed by atoms with Crippen LogP contribution in [-0.2, 0) is 38.0 Å². The van der Waals surface area contributed by atoms with E-state index in [0.717, 1.165) is 25.8 Å². The van der Waals surface area contributed by atoms with Crippen LogP contribution in [-0.4, -0.2) is 196 Å². The first-order chi connectivity index (χ1) is 30.2. The summed E-state index contributed by atoms with van der Waals surface area (Å²) in [5.74, 6) is -1.92. The Bertz CT molecular complexity index is 1510. The number of aliphatic hydroxyl groups excluding tert-OH is 3. The molecule has 0 spiro atoms. The molecule has 0 saturated carbocycles. The highest BCUT2D eigenvalue weighted by atomic mass is 16.7. The molecule has 4 heterocycles. The maximum Gasteiger partial charge on any atom is 0.311 e. The quantitative estimate of drug-likeness (QED) is 0.158. The fourth-order valence-corrected chi connectivity index (χ4v) is 11.6. The third-order valence-electron chi connectivity index (χ3n) is 15.7. The number of hydrogen-bond donors (Lipinski definition) is 5. The second-order valence-electron chi connectivity index (χ2n) is 21.6. The Morgan fingerprint density at radius 3 is 2.18 bits per heavy atom. The predicted octanol–water partition coefficient (Wildman–Crippen LogP) is 3.74. The maximum atomic E-state index is 14.4. The van der Waals surface area contributed by atoms with Gasteiger partial charge < -0.3 is 63.8 Å². The van der Waals surface area contributed by atoms with E-state index in [0.29, 0.717) is 38.3 Å². The summed E-state index contributed by atoms with van der Waals surface area (Å²) in [4.78, 5) is 34.0. The topological polar surface area (TPSA) is 200 Å². The highest BCUT2D eigenvalue weighted by Crippen LogP contribution is 2.40. The third-order valence-corrected chi connectivity index (χ3v) is 15.7. The van der Waals surface area contributed by atoms with E-state index in [1.54, 1.807) is 41.5 Å². The lowest BCUT2D eigenvalue weighted by Crippen LogP contribution is -2.60. The normalized spacial score (nSPS) is 45.9. The first kappa shape index (κ1) is 56.2. The molecule has 0 aromatic rings. The van der Waals surface area contributed by atoms with Crippen LogP contribution in [0.25, 0.3) is 0 Å². The number of esters is 1.